The molecular formula is C5H6N3. The lowest BCUT2D eigenvalue weighted by Crippen LogP contribution is -2.31. The number of hydrazine groups is 1. The largest absolute Gasteiger partial charge is 0.317 e. The Kier molecular flexibility index (Phi) is 1.18. The topological polar surface area (TPSA) is 39.1 Å². The Morgan fingerprint density at radius 2 is 2.75 bits per heavy atom. The Morgan fingerprint density at radius 1 is 2.00 bits per heavy atom. The number of rotatable bonds is 0. The second kappa shape index (κ2) is 1.85. The van der Waals surface area contributed by atoms with Gasteiger partial charge in [0.15, 0.2) is 0 Å². The minimum atomic E-state index is -0.250. The van der Waals surface area contributed by atoms with Crippen molar-refractivity contribution >= 4 is 0 Å². The van der Waals surface area contributed by atoms with Gasteiger partial charge in [-0.1, -0.05) is 0 Å². The molecule has 1 heterocycles. The van der Waals surface area contributed by atoms with E-state index in [-0.39, 0.29) is 6.04 Å². The van der Waals surface area contributed by atoms with Crippen LogP contribution in [0.4, 0.5) is 0 Å². The van der Waals surface area contributed by atoms with Crippen LogP contribution in [0.3, 0.4) is 0 Å². The van der Waals surface area contributed by atoms with Crippen molar-refractivity contribution in [2.24, 2.45) is 0 Å². The fourth-order valence-corrected chi connectivity index (χ4v) is 0.531. The van der Waals surface area contributed by atoms with Crippen LogP contribution in [0.25, 0.3) is 0 Å². The smallest absolute Gasteiger partial charge is 0.140 e. The third-order valence-electron chi connectivity index (χ3n) is 0.897. The summed E-state index contributed by atoms with van der Waals surface area (Å²) in [5.41, 5.74) is 2.81. The average Bonchev–Trinajstić information content (AvgIpc) is 2.14. The lowest BCUT2D eigenvalue weighted by molar-refractivity contribution is 0.352. The molecule has 1 unspecified atom stereocenters. The summed E-state index contributed by atoms with van der Waals surface area (Å²) in [6, 6.07) is 1.75. The summed E-state index contributed by atoms with van der Waals surface area (Å²) < 4.78 is 0. The number of nitrogens with zero attached hydrogens (tertiary/aromatic N) is 2. The molecule has 3 nitrogen and oxygen atoms in total. The van der Waals surface area contributed by atoms with Gasteiger partial charge in [0.25, 0.3) is 0 Å². The third-order valence-corrected chi connectivity index (χ3v) is 0.897. The van der Waals surface area contributed by atoms with Crippen molar-refractivity contribution in [3.8, 4) is 6.07 Å². The van der Waals surface area contributed by atoms with Gasteiger partial charge in [-0.05, 0) is 0 Å². The summed E-state index contributed by atoms with van der Waals surface area (Å²) in [6.07, 6.45) is 4.49. The Labute approximate surface area is 48.2 Å². The van der Waals surface area contributed by atoms with Crippen LogP contribution < -0.4 is 5.43 Å². The van der Waals surface area contributed by atoms with Gasteiger partial charge in [-0.15, -0.1) is 0 Å². The molecule has 0 bridgehead atoms. The fraction of sp³-hybridized carbons (Fsp3) is 0.400. The molecule has 0 spiro atoms. The maximum atomic E-state index is 8.26. The van der Waals surface area contributed by atoms with Crippen molar-refractivity contribution < 1.29 is 0 Å². The van der Waals surface area contributed by atoms with Crippen molar-refractivity contribution in [3.63, 3.8) is 0 Å². The number of nitrogens with one attached hydrogen (secondary N) is 1. The summed E-state index contributed by atoms with van der Waals surface area (Å²) >= 11 is 0. The molecule has 0 aromatic carbocycles. The molecule has 1 aliphatic rings. The van der Waals surface area contributed by atoms with Gasteiger partial charge in [0.1, 0.15) is 6.04 Å². The van der Waals surface area contributed by atoms with Crippen LogP contribution in [0.2, 0.25) is 0 Å². The van der Waals surface area contributed by atoms with Gasteiger partial charge in [-0.25, -0.2) is 5.43 Å². The molecular weight excluding hydrogens is 102 g/mol. The van der Waals surface area contributed by atoms with Gasteiger partial charge in [0.05, 0.1) is 6.07 Å². The Hall–Kier alpha value is -1.01. The second-order valence-corrected chi connectivity index (χ2v) is 1.60. The highest BCUT2D eigenvalue weighted by Crippen LogP contribution is 1.93. The molecule has 1 rings (SSSR count). The second-order valence-electron chi connectivity index (χ2n) is 1.60. The van der Waals surface area contributed by atoms with Crippen LogP contribution in [0.1, 0.15) is 0 Å². The highest BCUT2D eigenvalue weighted by atomic mass is 15.5. The monoisotopic (exact) mass is 108 g/mol. The predicted octanol–water partition coefficient (Wildman–Crippen LogP) is -0.355. The zero-order chi connectivity index (χ0) is 5.98. The lowest BCUT2D eigenvalue weighted by atomic mass is 10.4. The number of hydrogen-bond donors (Lipinski definition) is 1. The third kappa shape index (κ3) is 0.796. The summed E-state index contributed by atoms with van der Waals surface area (Å²) in [7, 11) is 1.82. The van der Waals surface area contributed by atoms with Crippen molar-refractivity contribution in [2.75, 3.05) is 7.05 Å². The van der Waals surface area contributed by atoms with Crippen LogP contribution in [-0.4, -0.2) is 18.1 Å². The van der Waals surface area contributed by atoms with Crippen LogP contribution in [0.5, 0.6) is 0 Å². The predicted molar refractivity (Wildman–Crippen MR) is 28.1 cm³/mol. The maximum Gasteiger partial charge on any atom is 0.140 e. The average molecular weight is 108 g/mol. The van der Waals surface area contributed by atoms with E-state index in [1.54, 1.807) is 11.2 Å². The summed E-state index contributed by atoms with van der Waals surface area (Å²) in [4.78, 5) is 0. The van der Waals surface area contributed by atoms with Gasteiger partial charge < -0.3 is 5.01 Å². The highest BCUT2D eigenvalue weighted by Gasteiger charge is 2.09. The maximum absolute atomic E-state index is 8.26. The van der Waals surface area contributed by atoms with Crippen LogP contribution in [0, 0.1) is 17.4 Å². The minimum Gasteiger partial charge on any atom is -0.317 e. The van der Waals surface area contributed by atoms with Crippen LogP contribution >= 0.6 is 0 Å². The van der Waals surface area contributed by atoms with E-state index in [2.05, 4.69) is 11.5 Å². The van der Waals surface area contributed by atoms with Crippen molar-refractivity contribution in [3.05, 3.63) is 12.3 Å². The zero-order valence-electron chi connectivity index (χ0n) is 4.55. The Balaban J connectivity index is 2.49. The molecule has 8 heavy (non-hydrogen) atoms. The molecule has 0 aromatic heterocycles. The summed E-state index contributed by atoms with van der Waals surface area (Å²) in [5.74, 6) is 0. The van der Waals surface area contributed by atoms with Gasteiger partial charge in [-0.3, -0.25) is 0 Å². The first-order chi connectivity index (χ1) is 3.83. The molecule has 1 radical (unpaired) electrons. The molecule has 3 heteroatoms. The fourth-order valence-electron chi connectivity index (χ4n) is 0.531. The van der Waals surface area contributed by atoms with E-state index in [0.717, 1.165) is 0 Å². The lowest BCUT2D eigenvalue weighted by Gasteiger charge is -2.07. The van der Waals surface area contributed by atoms with Gasteiger partial charge >= 0.3 is 0 Å². The SMILES string of the molecule is CN1C=[C]C(C#N)N1. The van der Waals surface area contributed by atoms with E-state index < -0.39 is 0 Å². The number of nitriles is 1. The summed E-state index contributed by atoms with van der Waals surface area (Å²) in [5, 5.41) is 9.96. The van der Waals surface area contributed by atoms with E-state index in [1.165, 1.54) is 0 Å². The molecule has 0 amide bonds. The van der Waals surface area contributed by atoms with Gasteiger partial charge in [0, 0.05) is 19.3 Å². The van der Waals surface area contributed by atoms with Crippen molar-refractivity contribution in [1.29, 1.82) is 5.26 Å². The van der Waals surface area contributed by atoms with E-state index in [0.29, 0.717) is 0 Å². The Morgan fingerprint density at radius 3 is 3.00 bits per heavy atom. The minimum absolute atomic E-state index is 0.250. The molecule has 1 atom stereocenters. The van der Waals surface area contributed by atoms with Crippen LogP contribution in [-0.2, 0) is 0 Å². The molecule has 0 aromatic rings. The molecule has 0 saturated carbocycles. The molecule has 0 aliphatic carbocycles. The molecule has 1 N–H and O–H groups in total. The van der Waals surface area contributed by atoms with E-state index >= 15 is 0 Å². The van der Waals surface area contributed by atoms with E-state index in [4.69, 9.17) is 5.26 Å². The molecule has 1 aliphatic heterocycles. The van der Waals surface area contributed by atoms with Crippen molar-refractivity contribution in [2.45, 2.75) is 6.04 Å². The molecule has 0 saturated heterocycles. The van der Waals surface area contributed by atoms with Gasteiger partial charge in [-0.2, -0.15) is 5.26 Å². The Bertz CT molecular complexity index is 144. The quantitative estimate of drug-likeness (QED) is 0.461. The summed E-state index contributed by atoms with van der Waals surface area (Å²) in [6.45, 7) is 0. The first kappa shape index (κ1) is 5.13. The molecule has 0 fully saturated rings. The normalized spacial score (nSPS) is 26.0. The first-order valence-electron chi connectivity index (χ1n) is 2.31. The van der Waals surface area contributed by atoms with Crippen molar-refractivity contribution in [1.82, 2.24) is 10.4 Å². The number of hydrogen-bond acceptors (Lipinski definition) is 3. The van der Waals surface area contributed by atoms with E-state index in [1.807, 2.05) is 13.1 Å². The first-order valence-corrected chi connectivity index (χ1v) is 2.31. The zero-order valence-corrected chi connectivity index (χ0v) is 4.55. The van der Waals surface area contributed by atoms with E-state index in [9.17, 15) is 0 Å². The standard InChI is InChI=1S/C5H6N3/c1-8-3-2-5(4-6)7-8/h3,5,7H,1H3. The van der Waals surface area contributed by atoms with Crippen LogP contribution in [0.15, 0.2) is 6.20 Å². The van der Waals surface area contributed by atoms with Gasteiger partial charge in [0.2, 0.25) is 0 Å². The molecule has 41 valence electrons. The highest BCUT2D eigenvalue weighted by molar-refractivity contribution is 5.03.